The first-order valence-electron chi connectivity index (χ1n) is 5.39. The van der Waals surface area contributed by atoms with E-state index in [1.807, 2.05) is 32.3 Å². The zero-order chi connectivity index (χ0) is 12.7. The van der Waals surface area contributed by atoms with Crippen molar-refractivity contribution in [1.29, 1.82) is 0 Å². The molecule has 0 amide bonds. The molecule has 0 aromatic carbocycles. The summed E-state index contributed by atoms with van der Waals surface area (Å²) in [5.74, 6) is 0.813. The van der Waals surface area contributed by atoms with E-state index in [2.05, 4.69) is 15.3 Å². The molecule has 0 spiro atoms. The van der Waals surface area contributed by atoms with Crippen LogP contribution in [0.25, 0.3) is 17.2 Å². The SMILES string of the molecule is Cn1nccc1-c1cc(Cl)n(-c2ccnn2C)n1. The van der Waals surface area contributed by atoms with Gasteiger partial charge in [-0.2, -0.15) is 15.3 Å². The fraction of sp³-hybridized carbons (Fsp3) is 0.182. The fourth-order valence-electron chi connectivity index (χ4n) is 1.84. The molecule has 0 aliphatic carbocycles. The summed E-state index contributed by atoms with van der Waals surface area (Å²) in [5, 5.41) is 13.2. The topological polar surface area (TPSA) is 53.5 Å². The number of hydrogen-bond donors (Lipinski definition) is 0. The van der Waals surface area contributed by atoms with E-state index >= 15 is 0 Å². The number of nitrogens with zero attached hydrogens (tertiary/aromatic N) is 6. The van der Waals surface area contributed by atoms with E-state index in [-0.39, 0.29) is 0 Å². The Balaban J connectivity index is 2.13. The van der Waals surface area contributed by atoms with Crippen LogP contribution in [0.4, 0.5) is 0 Å². The molecule has 3 aromatic rings. The van der Waals surface area contributed by atoms with Crippen LogP contribution in [0.15, 0.2) is 30.6 Å². The Bertz CT molecular complexity index is 692. The molecule has 0 atom stereocenters. The summed E-state index contributed by atoms with van der Waals surface area (Å²) in [7, 11) is 3.71. The van der Waals surface area contributed by atoms with E-state index in [1.165, 1.54) is 0 Å². The summed E-state index contributed by atoms with van der Waals surface area (Å²) in [6, 6.07) is 5.56. The van der Waals surface area contributed by atoms with Gasteiger partial charge in [-0.05, 0) is 6.07 Å². The van der Waals surface area contributed by atoms with Gasteiger partial charge in [-0.15, -0.1) is 0 Å². The van der Waals surface area contributed by atoms with Gasteiger partial charge in [0, 0.05) is 32.4 Å². The lowest BCUT2D eigenvalue weighted by Gasteiger charge is -2.02. The highest BCUT2D eigenvalue weighted by molar-refractivity contribution is 6.30. The van der Waals surface area contributed by atoms with Crippen LogP contribution < -0.4 is 0 Å². The Morgan fingerprint density at radius 3 is 2.39 bits per heavy atom. The van der Waals surface area contributed by atoms with Crippen molar-refractivity contribution in [1.82, 2.24) is 29.3 Å². The molecule has 18 heavy (non-hydrogen) atoms. The maximum absolute atomic E-state index is 6.21. The third kappa shape index (κ3) is 1.62. The maximum atomic E-state index is 6.21. The Kier molecular flexibility index (Phi) is 2.45. The molecule has 0 unspecified atom stereocenters. The van der Waals surface area contributed by atoms with E-state index in [0.29, 0.717) is 5.15 Å². The van der Waals surface area contributed by atoms with Crippen molar-refractivity contribution in [3.05, 3.63) is 35.7 Å². The van der Waals surface area contributed by atoms with Crippen LogP contribution in [0.5, 0.6) is 0 Å². The van der Waals surface area contributed by atoms with Gasteiger partial charge in [0.2, 0.25) is 0 Å². The minimum Gasteiger partial charge on any atom is -0.266 e. The second-order valence-corrected chi connectivity index (χ2v) is 4.30. The predicted molar refractivity (Wildman–Crippen MR) is 67.5 cm³/mol. The molecule has 6 nitrogen and oxygen atoms in total. The first-order chi connectivity index (χ1) is 8.66. The summed E-state index contributed by atoms with van der Waals surface area (Å²) < 4.78 is 5.12. The molecule has 3 heterocycles. The Morgan fingerprint density at radius 2 is 1.78 bits per heavy atom. The predicted octanol–water partition coefficient (Wildman–Crippen LogP) is 1.66. The van der Waals surface area contributed by atoms with Crippen molar-refractivity contribution >= 4 is 11.6 Å². The minimum atomic E-state index is 0.537. The first kappa shape index (κ1) is 11.0. The van der Waals surface area contributed by atoms with Gasteiger partial charge in [-0.25, -0.2) is 4.68 Å². The standard InChI is InChI=1S/C11H11ClN6/c1-16-9(3-5-13-16)8-7-10(12)18(15-8)11-4-6-14-17(11)2/h3-7H,1-2H3. The van der Waals surface area contributed by atoms with E-state index < -0.39 is 0 Å². The van der Waals surface area contributed by atoms with E-state index in [0.717, 1.165) is 17.2 Å². The second kappa shape index (κ2) is 3.99. The molecule has 92 valence electrons. The molecule has 0 N–H and O–H groups in total. The van der Waals surface area contributed by atoms with E-state index in [9.17, 15) is 0 Å². The van der Waals surface area contributed by atoms with E-state index in [1.54, 1.807) is 26.4 Å². The summed E-state index contributed by atoms with van der Waals surface area (Å²) in [4.78, 5) is 0. The van der Waals surface area contributed by atoms with Crippen LogP contribution in [0.3, 0.4) is 0 Å². The number of halogens is 1. The normalized spacial score (nSPS) is 11.1. The highest BCUT2D eigenvalue weighted by Crippen LogP contribution is 2.23. The maximum Gasteiger partial charge on any atom is 0.153 e. The molecule has 7 heteroatoms. The Hall–Kier alpha value is -2.08. The number of hydrogen-bond acceptors (Lipinski definition) is 3. The quantitative estimate of drug-likeness (QED) is 0.706. The van der Waals surface area contributed by atoms with E-state index in [4.69, 9.17) is 11.6 Å². The van der Waals surface area contributed by atoms with Gasteiger partial charge in [0.15, 0.2) is 5.82 Å². The van der Waals surface area contributed by atoms with Gasteiger partial charge < -0.3 is 0 Å². The molecule has 0 aliphatic heterocycles. The van der Waals surface area contributed by atoms with Crippen molar-refractivity contribution in [3.8, 4) is 17.2 Å². The molecular formula is C11H11ClN6. The van der Waals surface area contributed by atoms with Crippen LogP contribution in [0.2, 0.25) is 5.15 Å². The third-order valence-corrected chi connectivity index (χ3v) is 3.03. The average Bonchev–Trinajstić information content (AvgIpc) is 3.00. The minimum absolute atomic E-state index is 0.537. The molecule has 0 bridgehead atoms. The fourth-order valence-corrected chi connectivity index (χ4v) is 2.07. The smallest absolute Gasteiger partial charge is 0.153 e. The first-order valence-corrected chi connectivity index (χ1v) is 5.77. The van der Waals surface area contributed by atoms with Crippen molar-refractivity contribution in [2.45, 2.75) is 0 Å². The molecule has 0 fully saturated rings. The van der Waals surface area contributed by atoms with Gasteiger partial charge in [-0.3, -0.25) is 9.36 Å². The van der Waals surface area contributed by atoms with Gasteiger partial charge in [0.05, 0.1) is 11.9 Å². The van der Waals surface area contributed by atoms with Crippen LogP contribution in [-0.4, -0.2) is 29.3 Å². The van der Waals surface area contributed by atoms with Crippen LogP contribution in [-0.2, 0) is 14.1 Å². The van der Waals surface area contributed by atoms with Gasteiger partial charge in [0.1, 0.15) is 10.8 Å². The van der Waals surface area contributed by atoms with Crippen molar-refractivity contribution in [3.63, 3.8) is 0 Å². The Labute approximate surface area is 108 Å². The Morgan fingerprint density at radius 1 is 1.06 bits per heavy atom. The number of rotatable bonds is 2. The summed E-state index contributed by atoms with van der Waals surface area (Å²) in [6.45, 7) is 0. The van der Waals surface area contributed by atoms with Crippen LogP contribution >= 0.6 is 11.6 Å². The third-order valence-electron chi connectivity index (χ3n) is 2.76. The monoisotopic (exact) mass is 262 g/mol. The average molecular weight is 263 g/mol. The summed E-state index contributed by atoms with van der Waals surface area (Å²) >= 11 is 6.21. The lowest BCUT2D eigenvalue weighted by molar-refractivity contribution is 0.698. The van der Waals surface area contributed by atoms with Crippen molar-refractivity contribution in [2.75, 3.05) is 0 Å². The summed E-state index contributed by atoms with van der Waals surface area (Å²) in [5.41, 5.74) is 1.69. The zero-order valence-corrected chi connectivity index (χ0v) is 10.7. The summed E-state index contributed by atoms with van der Waals surface area (Å²) in [6.07, 6.45) is 3.43. The second-order valence-electron chi connectivity index (χ2n) is 3.92. The van der Waals surface area contributed by atoms with Gasteiger partial charge in [0.25, 0.3) is 0 Å². The molecule has 0 saturated carbocycles. The van der Waals surface area contributed by atoms with Gasteiger partial charge >= 0.3 is 0 Å². The molecule has 3 rings (SSSR count). The lowest BCUT2D eigenvalue weighted by Crippen LogP contribution is -2.04. The largest absolute Gasteiger partial charge is 0.266 e. The van der Waals surface area contributed by atoms with Gasteiger partial charge in [-0.1, -0.05) is 11.6 Å². The molecule has 3 aromatic heterocycles. The zero-order valence-electron chi connectivity index (χ0n) is 9.95. The molecule has 0 radical (unpaired) electrons. The highest BCUT2D eigenvalue weighted by atomic mass is 35.5. The van der Waals surface area contributed by atoms with Crippen LogP contribution in [0, 0.1) is 0 Å². The van der Waals surface area contributed by atoms with Crippen molar-refractivity contribution < 1.29 is 0 Å². The molecular weight excluding hydrogens is 252 g/mol. The van der Waals surface area contributed by atoms with Crippen molar-refractivity contribution in [2.24, 2.45) is 14.1 Å². The molecule has 0 saturated heterocycles. The highest BCUT2D eigenvalue weighted by Gasteiger charge is 2.13. The number of aromatic nitrogens is 6. The molecule has 0 aliphatic rings. The number of aryl methyl sites for hydroxylation is 2. The van der Waals surface area contributed by atoms with Crippen LogP contribution in [0.1, 0.15) is 0 Å². The lowest BCUT2D eigenvalue weighted by atomic mass is 10.3.